The van der Waals surface area contributed by atoms with Crippen molar-refractivity contribution in [1.82, 2.24) is 24.8 Å². The highest BCUT2D eigenvalue weighted by Gasteiger charge is 2.55. The zero-order valence-electron chi connectivity index (χ0n) is 15.4. The van der Waals surface area contributed by atoms with Crippen LogP contribution in [0.25, 0.3) is 0 Å². The van der Waals surface area contributed by atoms with Gasteiger partial charge in [0.05, 0.1) is 6.33 Å². The molecule has 0 aromatic carbocycles. The quantitative estimate of drug-likeness (QED) is 0.832. The van der Waals surface area contributed by atoms with Crippen LogP contribution in [0.2, 0.25) is 0 Å². The second-order valence-corrected chi connectivity index (χ2v) is 8.23. The summed E-state index contributed by atoms with van der Waals surface area (Å²) in [5, 5.41) is 6.69. The summed E-state index contributed by atoms with van der Waals surface area (Å²) in [6.07, 6.45) is 13.6. The molecule has 0 spiro atoms. The van der Waals surface area contributed by atoms with E-state index in [0.717, 1.165) is 30.7 Å². The number of nitrogens with one attached hydrogen (secondary N) is 2. The lowest BCUT2D eigenvalue weighted by molar-refractivity contribution is 0.196. The van der Waals surface area contributed by atoms with E-state index in [9.17, 15) is 0 Å². The van der Waals surface area contributed by atoms with Gasteiger partial charge in [0.2, 0.25) is 5.95 Å². The zero-order valence-corrected chi connectivity index (χ0v) is 15.4. The maximum Gasteiger partial charge on any atom is 0.227 e. The molecule has 6 rings (SSSR count). The fourth-order valence-electron chi connectivity index (χ4n) is 5.08. The van der Waals surface area contributed by atoms with E-state index in [2.05, 4.69) is 36.3 Å². The van der Waals surface area contributed by atoms with Crippen LogP contribution in [0.15, 0.2) is 24.8 Å². The fraction of sp³-hybridized carbons (Fsp3) is 0.632. The number of rotatable bonds is 6. The van der Waals surface area contributed by atoms with Gasteiger partial charge in [-0.2, -0.15) is 4.98 Å². The number of anilines is 3. The Hall–Kier alpha value is -2.15. The molecule has 26 heavy (non-hydrogen) atoms. The molecular weight excluding hydrogens is 326 g/mol. The van der Waals surface area contributed by atoms with Gasteiger partial charge in [0.15, 0.2) is 0 Å². The summed E-state index contributed by atoms with van der Waals surface area (Å²) in [6.45, 7) is 2.13. The average Bonchev–Trinajstić information content (AvgIpc) is 3.38. The Morgan fingerprint density at radius 1 is 1.15 bits per heavy atom. The second-order valence-electron chi connectivity index (χ2n) is 8.23. The fourth-order valence-corrected chi connectivity index (χ4v) is 5.08. The van der Waals surface area contributed by atoms with Gasteiger partial charge in [-0.3, -0.25) is 0 Å². The van der Waals surface area contributed by atoms with Gasteiger partial charge < -0.3 is 20.1 Å². The van der Waals surface area contributed by atoms with Gasteiger partial charge in [0.1, 0.15) is 11.6 Å². The molecule has 2 saturated heterocycles. The first-order valence-electron chi connectivity index (χ1n) is 9.79. The lowest BCUT2D eigenvalue weighted by Crippen LogP contribution is -2.41. The van der Waals surface area contributed by atoms with Crippen molar-refractivity contribution in [2.45, 2.75) is 50.6 Å². The first-order valence-corrected chi connectivity index (χ1v) is 9.79. The van der Waals surface area contributed by atoms with E-state index in [-0.39, 0.29) is 0 Å². The SMILES string of the molecule is CNCC12CC(C1)N(c1nccc(Nc3cn(C4CCCC4)cn3)n1)C2. The van der Waals surface area contributed by atoms with Crippen molar-refractivity contribution >= 4 is 17.6 Å². The predicted octanol–water partition coefficient (Wildman–Crippen LogP) is 2.72. The van der Waals surface area contributed by atoms with E-state index in [4.69, 9.17) is 4.98 Å². The van der Waals surface area contributed by atoms with Crippen LogP contribution in [0.3, 0.4) is 0 Å². The highest BCUT2D eigenvalue weighted by molar-refractivity contribution is 5.53. The first kappa shape index (κ1) is 16.1. The van der Waals surface area contributed by atoms with Crippen molar-refractivity contribution in [2.75, 3.05) is 30.4 Å². The third kappa shape index (κ3) is 2.74. The lowest BCUT2D eigenvalue weighted by Gasteiger charge is -2.36. The summed E-state index contributed by atoms with van der Waals surface area (Å²) in [5.41, 5.74) is 0.423. The first-order chi connectivity index (χ1) is 12.7. The molecule has 0 unspecified atom stereocenters. The standard InChI is InChI=1S/C19H27N7/c1-20-11-19-8-15(9-19)26(12-19)18-21-7-6-16(24-18)23-17-10-25(13-22-17)14-4-2-3-5-14/h6-7,10,13-15,20H,2-5,8-9,11-12H2,1H3,(H,21,23,24). The van der Waals surface area contributed by atoms with Gasteiger partial charge in [0.25, 0.3) is 0 Å². The number of aromatic nitrogens is 4. The van der Waals surface area contributed by atoms with Crippen molar-refractivity contribution in [1.29, 1.82) is 0 Å². The summed E-state index contributed by atoms with van der Waals surface area (Å²) in [7, 11) is 2.04. The summed E-state index contributed by atoms with van der Waals surface area (Å²) in [5.74, 6) is 2.52. The second kappa shape index (κ2) is 6.23. The maximum atomic E-state index is 4.76. The monoisotopic (exact) mass is 353 g/mol. The van der Waals surface area contributed by atoms with Crippen LogP contribution in [-0.4, -0.2) is 45.7 Å². The molecule has 0 radical (unpaired) electrons. The minimum Gasteiger partial charge on any atom is -0.337 e. The van der Waals surface area contributed by atoms with Crippen LogP contribution >= 0.6 is 0 Å². The van der Waals surface area contributed by atoms with E-state index >= 15 is 0 Å². The summed E-state index contributed by atoms with van der Waals surface area (Å²) in [4.78, 5) is 16.2. The van der Waals surface area contributed by atoms with Gasteiger partial charge >= 0.3 is 0 Å². The molecule has 4 fully saturated rings. The molecule has 2 aliphatic carbocycles. The maximum absolute atomic E-state index is 4.76. The van der Waals surface area contributed by atoms with Gasteiger partial charge in [-0.1, -0.05) is 12.8 Å². The van der Waals surface area contributed by atoms with Crippen molar-refractivity contribution in [3.63, 3.8) is 0 Å². The van der Waals surface area contributed by atoms with Crippen LogP contribution in [-0.2, 0) is 0 Å². The Kier molecular flexibility index (Phi) is 3.85. The molecule has 0 amide bonds. The number of imidazole rings is 1. The van der Waals surface area contributed by atoms with Crippen LogP contribution in [0.5, 0.6) is 0 Å². The van der Waals surface area contributed by atoms with Crippen LogP contribution in [0.4, 0.5) is 17.6 Å². The van der Waals surface area contributed by atoms with Crippen molar-refractivity contribution < 1.29 is 0 Å². The highest BCUT2D eigenvalue weighted by atomic mass is 15.3. The van der Waals surface area contributed by atoms with Crippen LogP contribution < -0.4 is 15.5 Å². The third-order valence-corrected chi connectivity index (χ3v) is 6.34. The minimum atomic E-state index is 0.423. The molecule has 7 nitrogen and oxygen atoms in total. The number of hydrogen-bond donors (Lipinski definition) is 2. The van der Waals surface area contributed by atoms with E-state index in [1.165, 1.54) is 38.5 Å². The number of hydrogen-bond acceptors (Lipinski definition) is 6. The molecule has 4 heterocycles. The average molecular weight is 353 g/mol. The lowest BCUT2D eigenvalue weighted by atomic mass is 9.70. The van der Waals surface area contributed by atoms with E-state index in [1.54, 1.807) is 0 Å². The summed E-state index contributed by atoms with van der Waals surface area (Å²) >= 11 is 0. The Balaban J connectivity index is 1.29. The van der Waals surface area contributed by atoms with Gasteiger partial charge in [-0.15, -0.1) is 0 Å². The van der Waals surface area contributed by atoms with E-state index in [1.807, 2.05) is 25.6 Å². The van der Waals surface area contributed by atoms with E-state index < -0.39 is 0 Å². The predicted molar refractivity (Wildman–Crippen MR) is 102 cm³/mol. The van der Waals surface area contributed by atoms with Crippen LogP contribution in [0, 0.1) is 5.41 Å². The molecular formula is C19H27N7. The Morgan fingerprint density at radius 3 is 2.81 bits per heavy atom. The summed E-state index contributed by atoms with van der Waals surface area (Å²) < 4.78 is 2.24. The number of nitrogens with zero attached hydrogens (tertiary/aromatic N) is 5. The smallest absolute Gasteiger partial charge is 0.227 e. The Bertz CT molecular complexity index is 774. The van der Waals surface area contributed by atoms with Gasteiger partial charge in [0, 0.05) is 43.0 Å². The molecule has 4 aliphatic rings. The minimum absolute atomic E-state index is 0.423. The summed E-state index contributed by atoms with van der Waals surface area (Å²) in [6, 6.07) is 3.13. The Labute approximate surface area is 154 Å². The van der Waals surface area contributed by atoms with Gasteiger partial charge in [-0.05, 0) is 38.8 Å². The largest absolute Gasteiger partial charge is 0.337 e. The van der Waals surface area contributed by atoms with Crippen LogP contribution in [0.1, 0.15) is 44.6 Å². The van der Waals surface area contributed by atoms with Gasteiger partial charge in [-0.25, -0.2) is 9.97 Å². The van der Waals surface area contributed by atoms with Crippen molar-refractivity contribution in [3.8, 4) is 0 Å². The van der Waals surface area contributed by atoms with E-state index in [0.29, 0.717) is 17.5 Å². The molecule has 2 bridgehead atoms. The highest BCUT2D eigenvalue weighted by Crippen LogP contribution is 2.52. The molecule has 7 heteroatoms. The molecule has 2 N–H and O–H groups in total. The molecule has 2 aromatic rings. The third-order valence-electron chi connectivity index (χ3n) is 6.34. The Morgan fingerprint density at radius 2 is 2.00 bits per heavy atom. The van der Waals surface area contributed by atoms with Crippen molar-refractivity contribution in [2.24, 2.45) is 5.41 Å². The molecule has 138 valence electrons. The molecule has 0 atom stereocenters. The topological polar surface area (TPSA) is 70.9 Å². The molecule has 2 aliphatic heterocycles. The normalized spacial score (nSPS) is 27.7. The zero-order chi connectivity index (χ0) is 17.6. The van der Waals surface area contributed by atoms with Crippen molar-refractivity contribution in [3.05, 3.63) is 24.8 Å². The molecule has 2 aromatic heterocycles. The number of fused-ring (bicyclic) bond motifs is 1. The molecule has 2 saturated carbocycles.